The molecule has 3 aliphatic heterocycles. The minimum Gasteiger partial charge on any atom is -0.466 e. The average Bonchev–Trinajstić information content (AvgIpc) is 3.58. The van der Waals surface area contributed by atoms with Gasteiger partial charge in [0.25, 0.3) is 0 Å². The van der Waals surface area contributed by atoms with Crippen molar-refractivity contribution >= 4 is 11.7 Å². The second-order valence-electron chi connectivity index (χ2n) is 9.07. The first kappa shape index (κ1) is 23.7. The van der Waals surface area contributed by atoms with Crippen LogP contribution in [0.3, 0.4) is 0 Å². The molecular weight excluding hydrogens is 448 g/mol. The first-order valence-electron chi connectivity index (χ1n) is 12.3. The van der Waals surface area contributed by atoms with Crippen LogP contribution in [0.15, 0.2) is 36.4 Å². The minimum absolute atomic E-state index is 0.165. The van der Waals surface area contributed by atoms with E-state index in [1.807, 2.05) is 57.3 Å². The van der Waals surface area contributed by atoms with Gasteiger partial charge in [0.15, 0.2) is 11.5 Å². The fourth-order valence-corrected chi connectivity index (χ4v) is 5.52. The first-order valence-corrected chi connectivity index (χ1v) is 12.3. The maximum atomic E-state index is 13.7. The van der Waals surface area contributed by atoms with Crippen molar-refractivity contribution in [3.63, 3.8) is 0 Å². The molecule has 2 aromatic carbocycles. The van der Waals surface area contributed by atoms with E-state index in [1.54, 1.807) is 0 Å². The van der Waals surface area contributed by atoms with Crippen LogP contribution in [0.2, 0.25) is 0 Å². The van der Waals surface area contributed by atoms with Gasteiger partial charge in [-0.3, -0.25) is 15.0 Å². The second kappa shape index (κ2) is 9.56. The Hall–Kier alpha value is -3.01. The van der Waals surface area contributed by atoms with E-state index in [0.29, 0.717) is 23.9 Å². The van der Waals surface area contributed by atoms with Crippen LogP contribution >= 0.6 is 0 Å². The first-order chi connectivity index (χ1) is 17.0. The standard InChI is InChI=1S/C26H34N4O5/c1-5-32-25(31)24-23(17-8-10-18(11-9-17)29(4)28-3)19-14-21-22(34-16-33-21)15-20(19)35-26(24,27-2)30-12-6-7-13-30/h8-11,14-15,23-24,27-28H,5-7,12-13,16H2,1-4H3. The van der Waals surface area contributed by atoms with Gasteiger partial charge in [-0.2, -0.15) is 0 Å². The molecule has 5 rings (SSSR count). The van der Waals surface area contributed by atoms with Crippen LogP contribution < -0.4 is 30.0 Å². The monoisotopic (exact) mass is 482 g/mol. The number of nitrogens with zero attached hydrogens (tertiary/aromatic N) is 2. The summed E-state index contributed by atoms with van der Waals surface area (Å²) >= 11 is 0. The van der Waals surface area contributed by atoms with Crippen molar-refractivity contribution in [1.82, 2.24) is 15.6 Å². The lowest BCUT2D eigenvalue weighted by Gasteiger charge is -2.51. The highest BCUT2D eigenvalue weighted by atomic mass is 16.7. The molecule has 0 radical (unpaired) electrons. The van der Waals surface area contributed by atoms with E-state index in [1.165, 1.54) is 0 Å². The smallest absolute Gasteiger partial charge is 0.317 e. The molecule has 9 nitrogen and oxygen atoms in total. The summed E-state index contributed by atoms with van der Waals surface area (Å²) in [6.07, 6.45) is 2.10. The number of hydrogen-bond acceptors (Lipinski definition) is 9. The number of carbonyl (C=O) groups excluding carboxylic acids is 1. The van der Waals surface area contributed by atoms with Crippen LogP contribution in [0.4, 0.5) is 5.69 Å². The van der Waals surface area contributed by atoms with Crippen molar-refractivity contribution < 1.29 is 23.7 Å². The van der Waals surface area contributed by atoms with Gasteiger partial charge < -0.3 is 24.0 Å². The highest BCUT2D eigenvalue weighted by Crippen LogP contribution is 2.53. The van der Waals surface area contributed by atoms with E-state index in [2.05, 4.69) is 27.8 Å². The summed E-state index contributed by atoms with van der Waals surface area (Å²) in [5.74, 6) is -0.343. The summed E-state index contributed by atoms with van der Waals surface area (Å²) in [5.41, 5.74) is 6.01. The highest BCUT2D eigenvalue weighted by Gasteiger charge is 2.58. The fraction of sp³-hybridized carbons (Fsp3) is 0.500. The lowest BCUT2D eigenvalue weighted by atomic mass is 9.74. The second-order valence-corrected chi connectivity index (χ2v) is 9.07. The summed E-state index contributed by atoms with van der Waals surface area (Å²) in [7, 11) is 5.68. The van der Waals surface area contributed by atoms with Crippen LogP contribution in [0.1, 0.15) is 36.8 Å². The Kier molecular flexibility index (Phi) is 6.48. The van der Waals surface area contributed by atoms with Crippen LogP contribution in [-0.4, -0.2) is 64.4 Å². The summed E-state index contributed by atoms with van der Waals surface area (Å²) < 4.78 is 23.8. The zero-order chi connectivity index (χ0) is 24.6. The number of hydrazine groups is 1. The third-order valence-electron chi connectivity index (χ3n) is 7.31. The summed E-state index contributed by atoms with van der Waals surface area (Å²) in [4.78, 5) is 16.0. The lowest BCUT2D eigenvalue weighted by molar-refractivity contribution is -0.187. The normalized spacial score (nSPS) is 25.1. The van der Waals surface area contributed by atoms with Gasteiger partial charge in [-0.1, -0.05) is 12.1 Å². The number of esters is 1. The molecule has 0 spiro atoms. The molecule has 188 valence electrons. The fourth-order valence-electron chi connectivity index (χ4n) is 5.52. The van der Waals surface area contributed by atoms with Crippen molar-refractivity contribution in [2.75, 3.05) is 52.6 Å². The molecule has 0 bridgehead atoms. The van der Waals surface area contributed by atoms with Gasteiger partial charge >= 0.3 is 5.97 Å². The Bertz CT molecular complexity index is 1070. The molecule has 3 aliphatic rings. The number of likely N-dealkylation sites (tertiary alicyclic amines) is 1. The van der Waals surface area contributed by atoms with Gasteiger partial charge in [-0.05, 0) is 50.6 Å². The quantitative estimate of drug-likeness (QED) is 0.457. The van der Waals surface area contributed by atoms with Gasteiger partial charge in [0, 0.05) is 44.7 Å². The number of nitrogens with one attached hydrogen (secondary N) is 2. The van der Waals surface area contributed by atoms with E-state index in [-0.39, 0.29) is 18.7 Å². The molecule has 0 aliphatic carbocycles. The number of anilines is 1. The Balaban J connectivity index is 1.70. The Morgan fingerprint density at radius 2 is 1.80 bits per heavy atom. The van der Waals surface area contributed by atoms with Gasteiger partial charge in [0.05, 0.1) is 12.3 Å². The Morgan fingerprint density at radius 3 is 2.43 bits per heavy atom. The SMILES string of the molecule is CCOC(=O)C1C(c2ccc(N(C)NC)cc2)c2cc3c(cc2OC1(NC)N1CCCC1)OCO3. The molecule has 1 fully saturated rings. The topological polar surface area (TPSA) is 84.5 Å². The van der Waals surface area contributed by atoms with Crippen molar-refractivity contribution in [3.8, 4) is 17.2 Å². The van der Waals surface area contributed by atoms with Crippen molar-refractivity contribution in [1.29, 1.82) is 0 Å². The molecule has 1 saturated heterocycles. The Labute approximate surface area is 206 Å². The van der Waals surface area contributed by atoms with E-state index in [4.69, 9.17) is 18.9 Å². The lowest BCUT2D eigenvalue weighted by Crippen LogP contribution is -2.69. The summed E-state index contributed by atoms with van der Waals surface area (Å²) in [6, 6.07) is 12.1. The van der Waals surface area contributed by atoms with Gasteiger partial charge in [0.2, 0.25) is 12.6 Å². The van der Waals surface area contributed by atoms with Crippen LogP contribution in [0, 0.1) is 5.92 Å². The van der Waals surface area contributed by atoms with E-state index >= 15 is 0 Å². The molecule has 2 N–H and O–H groups in total. The third kappa shape index (κ3) is 3.97. The number of ether oxygens (including phenoxy) is 4. The van der Waals surface area contributed by atoms with Crippen molar-refractivity contribution in [2.45, 2.75) is 31.5 Å². The maximum Gasteiger partial charge on any atom is 0.317 e. The summed E-state index contributed by atoms with van der Waals surface area (Å²) in [5, 5.41) is 5.34. The number of rotatable bonds is 7. The van der Waals surface area contributed by atoms with Crippen LogP contribution in [-0.2, 0) is 9.53 Å². The molecule has 3 unspecified atom stereocenters. The molecular formula is C26H34N4O5. The van der Waals surface area contributed by atoms with Gasteiger partial charge in [0.1, 0.15) is 11.7 Å². The number of fused-ring (bicyclic) bond motifs is 2. The predicted molar refractivity (Wildman–Crippen MR) is 132 cm³/mol. The number of carbonyl (C=O) groups is 1. The van der Waals surface area contributed by atoms with Crippen molar-refractivity contribution in [2.24, 2.45) is 5.92 Å². The molecule has 0 saturated carbocycles. The maximum absolute atomic E-state index is 13.7. The molecule has 3 heterocycles. The molecule has 35 heavy (non-hydrogen) atoms. The Morgan fingerprint density at radius 1 is 1.11 bits per heavy atom. The number of hydrogen-bond donors (Lipinski definition) is 2. The zero-order valence-corrected chi connectivity index (χ0v) is 20.8. The van der Waals surface area contributed by atoms with Gasteiger partial charge in [-0.25, -0.2) is 5.43 Å². The average molecular weight is 483 g/mol. The molecule has 9 heteroatoms. The van der Waals surface area contributed by atoms with Crippen molar-refractivity contribution in [3.05, 3.63) is 47.5 Å². The van der Waals surface area contributed by atoms with Crippen LogP contribution in [0.25, 0.3) is 0 Å². The van der Waals surface area contributed by atoms with E-state index in [0.717, 1.165) is 42.7 Å². The highest BCUT2D eigenvalue weighted by molar-refractivity contribution is 5.78. The minimum atomic E-state index is -1.06. The molecule has 0 amide bonds. The largest absolute Gasteiger partial charge is 0.466 e. The zero-order valence-electron chi connectivity index (χ0n) is 20.8. The van der Waals surface area contributed by atoms with Gasteiger partial charge in [-0.15, -0.1) is 0 Å². The van der Waals surface area contributed by atoms with E-state index in [9.17, 15) is 4.79 Å². The predicted octanol–water partition coefficient (Wildman–Crippen LogP) is 2.66. The number of benzene rings is 2. The third-order valence-corrected chi connectivity index (χ3v) is 7.31. The van der Waals surface area contributed by atoms with E-state index < -0.39 is 11.8 Å². The van der Waals surface area contributed by atoms with Crippen LogP contribution in [0.5, 0.6) is 17.2 Å². The molecule has 3 atom stereocenters. The molecule has 0 aromatic heterocycles. The molecule has 2 aromatic rings. The summed E-state index contributed by atoms with van der Waals surface area (Å²) in [6.45, 7) is 3.95.